The van der Waals surface area contributed by atoms with Crippen LogP contribution in [0.25, 0.3) is 22.1 Å². The monoisotopic (exact) mass is 453 g/mol. The van der Waals surface area contributed by atoms with Crippen LogP contribution in [0, 0.1) is 5.92 Å². The number of hydrogen-bond donors (Lipinski definition) is 3. The van der Waals surface area contributed by atoms with Crippen molar-refractivity contribution in [3.63, 3.8) is 0 Å². The van der Waals surface area contributed by atoms with Crippen molar-refractivity contribution in [3.8, 4) is 5.75 Å². The molecule has 0 radical (unpaired) electrons. The molecule has 4 heterocycles. The predicted molar refractivity (Wildman–Crippen MR) is 123 cm³/mol. The van der Waals surface area contributed by atoms with Crippen LogP contribution in [-0.4, -0.2) is 57.6 Å². The molecule has 10 heteroatoms. The molecule has 1 aliphatic rings. The molecule has 1 saturated heterocycles. The lowest BCUT2D eigenvalue weighted by Gasteiger charge is -2.33. The molecule has 166 valence electrons. The van der Waals surface area contributed by atoms with E-state index in [4.69, 9.17) is 16.3 Å². The molecule has 1 amide bonds. The Morgan fingerprint density at radius 1 is 1.34 bits per heavy atom. The summed E-state index contributed by atoms with van der Waals surface area (Å²) in [4.78, 5) is 34.0. The first-order chi connectivity index (χ1) is 15.6. The van der Waals surface area contributed by atoms with Crippen LogP contribution in [-0.2, 0) is 11.2 Å². The van der Waals surface area contributed by atoms with Crippen LogP contribution in [0.5, 0.6) is 5.75 Å². The van der Waals surface area contributed by atoms with Crippen LogP contribution >= 0.6 is 11.6 Å². The third kappa shape index (κ3) is 3.95. The van der Waals surface area contributed by atoms with Crippen LogP contribution in [0.15, 0.2) is 30.7 Å². The van der Waals surface area contributed by atoms with Gasteiger partial charge >= 0.3 is 0 Å². The number of imidazole rings is 1. The first kappa shape index (κ1) is 20.6. The number of carbonyl (C=O) groups excluding carboxylic acids is 1. The van der Waals surface area contributed by atoms with Crippen LogP contribution in [0.4, 0.5) is 5.82 Å². The van der Waals surface area contributed by atoms with Crippen molar-refractivity contribution in [1.82, 2.24) is 30.2 Å². The molecule has 5 rings (SSSR count). The predicted octanol–water partition coefficient (Wildman–Crippen LogP) is 3.07. The largest absolute Gasteiger partial charge is 0.497 e. The van der Waals surface area contributed by atoms with E-state index in [-0.39, 0.29) is 17.1 Å². The third-order valence-corrected chi connectivity index (χ3v) is 6.17. The summed E-state index contributed by atoms with van der Waals surface area (Å²) in [5.41, 5.74) is 3.47. The molecule has 1 atom stereocenters. The van der Waals surface area contributed by atoms with E-state index in [1.807, 2.05) is 24.4 Å². The van der Waals surface area contributed by atoms with E-state index >= 15 is 0 Å². The van der Waals surface area contributed by atoms with E-state index in [1.54, 1.807) is 13.4 Å². The number of methoxy groups -OCH3 is 1. The number of piperidine rings is 1. The van der Waals surface area contributed by atoms with Gasteiger partial charge in [0.1, 0.15) is 11.3 Å². The minimum Gasteiger partial charge on any atom is -0.497 e. The van der Waals surface area contributed by atoms with Crippen LogP contribution in [0.3, 0.4) is 0 Å². The highest BCUT2D eigenvalue weighted by Crippen LogP contribution is 2.28. The molecule has 9 nitrogen and oxygen atoms in total. The zero-order valence-electron chi connectivity index (χ0n) is 17.7. The maximum atomic E-state index is 12.9. The van der Waals surface area contributed by atoms with Gasteiger partial charge < -0.3 is 24.9 Å². The summed E-state index contributed by atoms with van der Waals surface area (Å²) in [5.74, 6) is 1.47. The zero-order valence-corrected chi connectivity index (χ0v) is 18.4. The van der Waals surface area contributed by atoms with Gasteiger partial charge in [-0.05, 0) is 48.6 Å². The number of anilines is 1. The number of amides is 1. The summed E-state index contributed by atoms with van der Waals surface area (Å²) >= 11 is 6.08. The number of nitrogens with one attached hydrogen (secondary N) is 3. The average Bonchev–Trinajstić information content (AvgIpc) is 3.45. The number of carbonyl (C=O) groups is 1. The lowest BCUT2D eigenvalue weighted by Crippen LogP contribution is -2.44. The molecule has 1 aliphatic heterocycles. The summed E-state index contributed by atoms with van der Waals surface area (Å²) < 4.78 is 5.28. The van der Waals surface area contributed by atoms with Gasteiger partial charge in [-0.1, -0.05) is 0 Å². The third-order valence-electron chi connectivity index (χ3n) is 6.00. The number of ether oxygens (including phenoxy) is 1. The summed E-state index contributed by atoms with van der Waals surface area (Å²) in [6.45, 7) is 1.97. The van der Waals surface area contributed by atoms with Gasteiger partial charge in [0.2, 0.25) is 11.2 Å². The van der Waals surface area contributed by atoms with Crippen LogP contribution in [0.2, 0.25) is 5.28 Å². The molecule has 0 spiro atoms. The molecule has 1 aromatic carbocycles. The number of aromatic nitrogens is 5. The average molecular weight is 454 g/mol. The number of hydrogen-bond acceptors (Lipinski definition) is 6. The maximum absolute atomic E-state index is 12.9. The van der Waals surface area contributed by atoms with Crippen molar-refractivity contribution in [2.75, 3.05) is 31.6 Å². The van der Waals surface area contributed by atoms with E-state index in [1.165, 1.54) is 5.56 Å². The molecule has 0 unspecified atom stereocenters. The zero-order chi connectivity index (χ0) is 22.1. The van der Waals surface area contributed by atoms with E-state index in [0.29, 0.717) is 24.6 Å². The van der Waals surface area contributed by atoms with E-state index in [9.17, 15) is 4.79 Å². The number of nitrogens with zero attached hydrogens (tertiary/aromatic N) is 4. The quantitative estimate of drug-likeness (QED) is 0.387. The molecule has 4 aromatic rings. The lowest BCUT2D eigenvalue weighted by molar-refractivity contribution is -0.125. The fourth-order valence-corrected chi connectivity index (χ4v) is 4.53. The Labute approximate surface area is 189 Å². The van der Waals surface area contributed by atoms with Gasteiger partial charge in [0, 0.05) is 42.8 Å². The van der Waals surface area contributed by atoms with E-state index in [2.05, 4.69) is 35.1 Å². The first-order valence-electron chi connectivity index (χ1n) is 10.7. The van der Waals surface area contributed by atoms with Gasteiger partial charge in [-0.3, -0.25) is 4.79 Å². The number of benzene rings is 1. The van der Waals surface area contributed by atoms with Crippen molar-refractivity contribution in [1.29, 1.82) is 0 Å². The highest BCUT2D eigenvalue weighted by Gasteiger charge is 2.28. The van der Waals surface area contributed by atoms with Crippen LogP contribution < -0.4 is 15.0 Å². The standard InChI is InChI=1S/C22H24ClN7O2/c1-32-15-4-5-16-13(10-25-17(16)9-15)6-7-24-21(31)14-3-2-8-30(11-14)20-18-19(27-12-26-18)28-22(23)29-20/h4-5,9-10,12,14,25H,2-3,6-8,11H2,1H3,(H,24,31)(H,26,27,28,29)/t14-/m0/s1. The van der Waals surface area contributed by atoms with Crippen molar-refractivity contribution in [2.24, 2.45) is 5.92 Å². The highest BCUT2D eigenvalue weighted by molar-refractivity contribution is 6.28. The molecular weight excluding hydrogens is 430 g/mol. The molecule has 0 aliphatic carbocycles. The van der Waals surface area contributed by atoms with Crippen molar-refractivity contribution in [2.45, 2.75) is 19.3 Å². The smallest absolute Gasteiger partial charge is 0.226 e. The molecular formula is C22H24ClN7O2. The van der Waals surface area contributed by atoms with E-state index in [0.717, 1.165) is 48.0 Å². The van der Waals surface area contributed by atoms with E-state index < -0.39 is 0 Å². The van der Waals surface area contributed by atoms with Gasteiger partial charge in [-0.25, -0.2) is 4.98 Å². The number of fused-ring (bicyclic) bond motifs is 2. The summed E-state index contributed by atoms with van der Waals surface area (Å²) in [7, 11) is 1.66. The Kier molecular flexibility index (Phi) is 5.57. The van der Waals surface area contributed by atoms with Crippen LogP contribution in [0.1, 0.15) is 18.4 Å². The van der Waals surface area contributed by atoms with Gasteiger partial charge in [-0.2, -0.15) is 9.97 Å². The molecule has 0 saturated carbocycles. The number of H-pyrrole nitrogens is 2. The Balaban J connectivity index is 1.22. The number of halogens is 1. The number of rotatable bonds is 6. The second kappa shape index (κ2) is 8.66. The fraction of sp³-hybridized carbons (Fsp3) is 0.364. The molecule has 3 N–H and O–H groups in total. The van der Waals surface area contributed by atoms with Crippen molar-refractivity contribution >= 4 is 45.4 Å². The molecule has 0 bridgehead atoms. The summed E-state index contributed by atoms with van der Waals surface area (Å²) in [6.07, 6.45) is 6.08. The first-order valence-corrected chi connectivity index (χ1v) is 11.0. The normalized spacial score (nSPS) is 16.6. The Morgan fingerprint density at radius 3 is 3.12 bits per heavy atom. The highest BCUT2D eigenvalue weighted by atomic mass is 35.5. The topological polar surface area (TPSA) is 112 Å². The van der Waals surface area contributed by atoms with Gasteiger partial charge in [0.05, 0.1) is 19.4 Å². The number of aromatic amines is 2. The summed E-state index contributed by atoms with van der Waals surface area (Å²) in [5, 5.41) is 4.41. The minimum atomic E-state index is -0.109. The minimum absolute atomic E-state index is 0.0669. The SMILES string of the molecule is COc1ccc2c(CCNC(=O)[C@H]3CCCN(c4nc(Cl)nc5nc[nH]c45)C3)c[nH]c2c1. The van der Waals surface area contributed by atoms with Gasteiger partial charge in [0.25, 0.3) is 0 Å². The Morgan fingerprint density at radius 2 is 2.25 bits per heavy atom. The second-order valence-electron chi connectivity index (χ2n) is 7.97. The maximum Gasteiger partial charge on any atom is 0.226 e. The Hall–Kier alpha value is -3.33. The Bertz CT molecular complexity index is 1270. The van der Waals surface area contributed by atoms with Crippen molar-refractivity contribution < 1.29 is 9.53 Å². The molecule has 1 fully saturated rings. The lowest BCUT2D eigenvalue weighted by atomic mass is 9.97. The second-order valence-corrected chi connectivity index (χ2v) is 8.31. The van der Waals surface area contributed by atoms with Crippen molar-refractivity contribution in [3.05, 3.63) is 41.6 Å². The van der Waals surface area contributed by atoms with Gasteiger partial charge in [-0.15, -0.1) is 0 Å². The fourth-order valence-electron chi connectivity index (χ4n) is 4.37. The molecule has 3 aromatic heterocycles. The van der Waals surface area contributed by atoms with Gasteiger partial charge in [0.15, 0.2) is 11.5 Å². The molecule has 32 heavy (non-hydrogen) atoms. The summed E-state index contributed by atoms with van der Waals surface area (Å²) in [6, 6.07) is 5.97.